The first-order valence-corrected chi connectivity index (χ1v) is 9.50. The van der Waals surface area contributed by atoms with Crippen LogP contribution in [0.15, 0.2) is 4.99 Å². The molecule has 140 valence electrons. The number of guanidine groups is 1. The summed E-state index contributed by atoms with van der Waals surface area (Å²) in [6.07, 6.45) is 10.9. The molecule has 2 aliphatic rings. The molecule has 2 rings (SSSR count). The van der Waals surface area contributed by atoms with Gasteiger partial charge in [0.2, 0.25) is 5.91 Å². The highest BCUT2D eigenvalue weighted by molar-refractivity contribution is 14.0. The van der Waals surface area contributed by atoms with Gasteiger partial charge in [-0.1, -0.05) is 25.7 Å². The number of nitrogens with one attached hydrogen (secondary N) is 1. The van der Waals surface area contributed by atoms with Crippen LogP contribution in [0.2, 0.25) is 0 Å². The lowest BCUT2D eigenvalue weighted by Crippen LogP contribution is -2.47. The first-order valence-electron chi connectivity index (χ1n) is 9.50. The molecule has 2 fully saturated rings. The third kappa shape index (κ3) is 7.57. The number of primary amides is 1. The minimum absolute atomic E-state index is 0. The monoisotopic (exact) mass is 450 g/mol. The highest BCUT2D eigenvalue weighted by Gasteiger charge is 2.23. The lowest BCUT2D eigenvalue weighted by atomic mass is 9.95. The van der Waals surface area contributed by atoms with E-state index in [1.54, 1.807) is 0 Å². The summed E-state index contributed by atoms with van der Waals surface area (Å²) in [5.74, 6) is 2.16. The van der Waals surface area contributed by atoms with Crippen LogP contribution in [0.4, 0.5) is 0 Å². The molecular weight excluding hydrogens is 415 g/mol. The number of amides is 1. The molecule has 0 bridgehead atoms. The summed E-state index contributed by atoms with van der Waals surface area (Å²) in [5, 5.41) is 3.41. The zero-order valence-corrected chi connectivity index (χ0v) is 17.5. The number of likely N-dealkylation sites (tertiary alicyclic amines) is 1. The molecule has 1 amide bonds. The predicted molar refractivity (Wildman–Crippen MR) is 111 cm³/mol. The van der Waals surface area contributed by atoms with Crippen molar-refractivity contribution in [2.45, 2.75) is 64.7 Å². The van der Waals surface area contributed by atoms with Gasteiger partial charge in [0, 0.05) is 32.6 Å². The van der Waals surface area contributed by atoms with Crippen molar-refractivity contribution in [2.24, 2.45) is 22.6 Å². The van der Waals surface area contributed by atoms with E-state index in [1.807, 2.05) is 0 Å². The van der Waals surface area contributed by atoms with Crippen molar-refractivity contribution in [1.29, 1.82) is 0 Å². The van der Waals surface area contributed by atoms with Crippen molar-refractivity contribution >= 4 is 35.8 Å². The molecule has 5 nitrogen and oxygen atoms in total. The van der Waals surface area contributed by atoms with Gasteiger partial charge in [-0.2, -0.15) is 0 Å². The van der Waals surface area contributed by atoms with Crippen molar-refractivity contribution in [1.82, 2.24) is 10.2 Å². The first-order chi connectivity index (χ1) is 11.2. The fourth-order valence-corrected chi connectivity index (χ4v) is 4.00. The largest absolute Gasteiger partial charge is 0.370 e. The Morgan fingerprint density at radius 2 is 1.92 bits per heavy atom. The van der Waals surface area contributed by atoms with Crippen LogP contribution >= 0.6 is 24.0 Å². The number of carbonyl (C=O) groups is 1. The van der Waals surface area contributed by atoms with Gasteiger partial charge in [0.25, 0.3) is 0 Å². The average molecular weight is 450 g/mol. The SMILES string of the molecule is CCNC(=NCCCC1CCCC1)N1CCCC(CC(N)=O)C1.I. The molecule has 1 saturated carbocycles. The molecule has 0 spiro atoms. The quantitative estimate of drug-likeness (QED) is 0.271. The molecular formula is C18H35IN4O. The highest BCUT2D eigenvalue weighted by Crippen LogP contribution is 2.28. The van der Waals surface area contributed by atoms with Crippen molar-refractivity contribution in [3.63, 3.8) is 0 Å². The molecule has 0 aromatic rings. The Morgan fingerprint density at radius 3 is 2.58 bits per heavy atom. The Hall–Kier alpha value is -0.530. The molecule has 1 aliphatic carbocycles. The van der Waals surface area contributed by atoms with Gasteiger partial charge in [0.15, 0.2) is 5.96 Å². The van der Waals surface area contributed by atoms with Gasteiger partial charge >= 0.3 is 0 Å². The van der Waals surface area contributed by atoms with E-state index in [4.69, 9.17) is 10.7 Å². The van der Waals surface area contributed by atoms with E-state index in [1.165, 1.54) is 38.5 Å². The molecule has 1 atom stereocenters. The summed E-state index contributed by atoms with van der Waals surface area (Å²) in [7, 11) is 0. The number of halogens is 1. The third-order valence-electron chi connectivity index (χ3n) is 5.15. The number of hydrogen-bond donors (Lipinski definition) is 2. The van der Waals surface area contributed by atoms with Crippen LogP contribution in [0, 0.1) is 11.8 Å². The smallest absolute Gasteiger partial charge is 0.217 e. The van der Waals surface area contributed by atoms with Gasteiger partial charge in [0.05, 0.1) is 0 Å². The van der Waals surface area contributed by atoms with E-state index in [-0.39, 0.29) is 29.9 Å². The molecule has 1 heterocycles. The van der Waals surface area contributed by atoms with E-state index < -0.39 is 0 Å². The van der Waals surface area contributed by atoms with Crippen LogP contribution in [0.3, 0.4) is 0 Å². The van der Waals surface area contributed by atoms with Crippen LogP contribution in [-0.4, -0.2) is 42.9 Å². The van der Waals surface area contributed by atoms with Crippen molar-refractivity contribution < 1.29 is 4.79 Å². The Morgan fingerprint density at radius 1 is 1.21 bits per heavy atom. The van der Waals surface area contributed by atoms with Gasteiger partial charge < -0.3 is 16.0 Å². The maximum absolute atomic E-state index is 11.2. The van der Waals surface area contributed by atoms with Crippen LogP contribution in [-0.2, 0) is 4.79 Å². The molecule has 0 radical (unpaired) electrons. The summed E-state index contributed by atoms with van der Waals surface area (Å²) in [6.45, 7) is 5.84. The Kier molecular flexibility index (Phi) is 10.7. The topological polar surface area (TPSA) is 70.7 Å². The van der Waals surface area contributed by atoms with Crippen LogP contribution in [0.5, 0.6) is 0 Å². The van der Waals surface area contributed by atoms with E-state index >= 15 is 0 Å². The number of rotatable bonds is 7. The molecule has 6 heteroatoms. The zero-order valence-electron chi connectivity index (χ0n) is 15.1. The maximum atomic E-state index is 11.2. The summed E-state index contributed by atoms with van der Waals surface area (Å²) in [6, 6.07) is 0. The average Bonchev–Trinajstić information content (AvgIpc) is 3.03. The minimum Gasteiger partial charge on any atom is -0.370 e. The summed E-state index contributed by atoms with van der Waals surface area (Å²) < 4.78 is 0. The summed E-state index contributed by atoms with van der Waals surface area (Å²) in [4.78, 5) is 18.3. The fourth-order valence-electron chi connectivity index (χ4n) is 4.00. The van der Waals surface area contributed by atoms with Gasteiger partial charge in [-0.3, -0.25) is 9.79 Å². The second-order valence-corrected chi connectivity index (χ2v) is 7.15. The van der Waals surface area contributed by atoms with E-state index in [9.17, 15) is 4.79 Å². The second-order valence-electron chi connectivity index (χ2n) is 7.15. The Labute approximate surface area is 164 Å². The standard InChI is InChI=1S/C18H34N4O.HI/c1-2-20-18(21-11-5-9-15-7-3-4-8-15)22-12-6-10-16(14-22)13-17(19)23;/h15-16H,2-14H2,1H3,(H2,19,23)(H,20,21);1H. The lowest BCUT2D eigenvalue weighted by molar-refractivity contribution is -0.119. The van der Waals surface area contributed by atoms with Crippen molar-refractivity contribution in [3.8, 4) is 0 Å². The molecule has 1 saturated heterocycles. The first kappa shape index (κ1) is 21.5. The fraction of sp³-hybridized carbons (Fsp3) is 0.889. The minimum atomic E-state index is -0.185. The summed E-state index contributed by atoms with van der Waals surface area (Å²) in [5.41, 5.74) is 5.36. The molecule has 0 aromatic heterocycles. The Balaban J connectivity index is 0.00000288. The second kappa shape index (κ2) is 11.9. The number of aliphatic imine (C=N–C) groups is 1. The van der Waals surface area contributed by atoms with Crippen molar-refractivity contribution in [2.75, 3.05) is 26.2 Å². The maximum Gasteiger partial charge on any atom is 0.217 e. The summed E-state index contributed by atoms with van der Waals surface area (Å²) >= 11 is 0. The van der Waals surface area contributed by atoms with E-state index in [0.29, 0.717) is 12.3 Å². The normalized spacial score (nSPS) is 22.3. The molecule has 0 aromatic carbocycles. The van der Waals surface area contributed by atoms with E-state index in [0.717, 1.165) is 50.9 Å². The molecule has 24 heavy (non-hydrogen) atoms. The zero-order chi connectivity index (χ0) is 16.5. The molecule has 1 unspecified atom stereocenters. The number of nitrogens with zero attached hydrogens (tertiary/aromatic N) is 2. The highest BCUT2D eigenvalue weighted by atomic mass is 127. The van der Waals surface area contributed by atoms with Gasteiger partial charge in [-0.05, 0) is 44.4 Å². The van der Waals surface area contributed by atoms with Crippen LogP contribution < -0.4 is 11.1 Å². The third-order valence-corrected chi connectivity index (χ3v) is 5.15. The number of hydrogen-bond acceptors (Lipinski definition) is 2. The number of carbonyl (C=O) groups excluding carboxylic acids is 1. The van der Waals surface area contributed by atoms with Gasteiger partial charge in [0.1, 0.15) is 0 Å². The van der Waals surface area contributed by atoms with Crippen LogP contribution in [0.25, 0.3) is 0 Å². The van der Waals surface area contributed by atoms with Crippen molar-refractivity contribution in [3.05, 3.63) is 0 Å². The Bertz CT molecular complexity index is 396. The number of piperidine rings is 1. The molecule has 1 aliphatic heterocycles. The van der Waals surface area contributed by atoms with Crippen LogP contribution in [0.1, 0.15) is 64.7 Å². The predicted octanol–water partition coefficient (Wildman–Crippen LogP) is 3.13. The number of nitrogens with two attached hydrogens (primary N) is 1. The van der Waals surface area contributed by atoms with E-state index in [2.05, 4.69) is 17.1 Å². The van der Waals surface area contributed by atoms with Gasteiger partial charge in [-0.15, -0.1) is 24.0 Å². The lowest BCUT2D eigenvalue weighted by Gasteiger charge is -2.34. The molecule has 3 N–H and O–H groups in total. The van der Waals surface area contributed by atoms with Gasteiger partial charge in [-0.25, -0.2) is 0 Å².